The number of hydrogen-bond acceptors (Lipinski definition) is 5. The molecule has 0 bridgehead atoms. The zero-order valence-corrected chi connectivity index (χ0v) is 20.9. The average molecular weight is 503 g/mol. The number of carboxylic acid groups (broad SMARTS) is 1. The van der Waals surface area contributed by atoms with Crippen molar-refractivity contribution in [1.29, 1.82) is 0 Å². The molecule has 35 heavy (non-hydrogen) atoms. The Balaban J connectivity index is 2.31. The fourth-order valence-electron chi connectivity index (χ4n) is 4.72. The monoisotopic (exact) mass is 502 g/mol. The van der Waals surface area contributed by atoms with Gasteiger partial charge in [-0.25, -0.2) is 13.6 Å². The van der Waals surface area contributed by atoms with Gasteiger partial charge in [-0.2, -0.15) is 0 Å². The fraction of sp³-hybridized carbons (Fsp3) is 0.783. The predicted molar refractivity (Wildman–Crippen MR) is 122 cm³/mol. The number of nitrogens with one attached hydrogen (secondary N) is 3. The highest BCUT2D eigenvalue weighted by atomic mass is 19.3. The van der Waals surface area contributed by atoms with Crippen molar-refractivity contribution in [3.8, 4) is 0 Å². The summed E-state index contributed by atoms with van der Waals surface area (Å²) < 4.78 is 26.9. The molecular weight excluding hydrogens is 466 g/mol. The molecule has 4 N–H and O–H groups in total. The third-order valence-electron chi connectivity index (χ3n) is 6.84. The Morgan fingerprint density at radius 2 is 1.69 bits per heavy atom. The molecule has 0 aromatic rings. The van der Waals surface area contributed by atoms with Gasteiger partial charge in [-0.15, -0.1) is 0 Å². The summed E-state index contributed by atoms with van der Waals surface area (Å²) >= 11 is 0. The minimum atomic E-state index is -3.11. The Bertz CT molecular complexity index is 863. The van der Waals surface area contributed by atoms with E-state index in [0.717, 1.165) is 19.3 Å². The van der Waals surface area contributed by atoms with E-state index in [0.29, 0.717) is 13.3 Å². The van der Waals surface area contributed by atoms with E-state index >= 15 is 0 Å². The summed E-state index contributed by atoms with van der Waals surface area (Å²) in [6.07, 6.45) is 0.236. The number of alkyl halides is 2. The van der Waals surface area contributed by atoms with Crippen molar-refractivity contribution in [3.63, 3.8) is 0 Å². The molecule has 2 rings (SSSR count). The second-order valence-electron chi connectivity index (χ2n) is 10.9. The quantitative estimate of drug-likeness (QED) is 0.353. The molecule has 12 heteroatoms. The van der Waals surface area contributed by atoms with Gasteiger partial charge in [0.2, 0.25) is 23.5 Å². The van der Waals surface area contributed by atoms with Crippen molar-refractivity contribution < 1.29 is 37.9 Å². The van der Waals surface area contributed by atoms with Crippen LogP contribution in [0.1, 0.15) is 66.2 Å². The normalized spacial score (nSPS) is 21.0. The molecule has 1 saturated heterocycles. The van der Waals surface area contributed by atoms with Gasteiger partial charge in [-0.05, 0) is 43.4 Å². The fourth-order valence-corrected chi connectivity index (χ4v) is 4.72. The number of likely N-dealkylation sites (N-methyl/N-ethyl adjacent to an activating group) is 1. The number of hydrogen-bond donors (Lipinski definition) is 4. The highest BCUT2D eigenvalue weighted by Crippen LogP contribution is 2.50. The van der Waals surface area contributed by atoms with E-state index in [1.165, 1.54) is 11.9 Å². The van der Waals surface area contributed by atoms with Gasteiger partial charge < -0.3 is 26.0 Å². The molecule has 1 heterocycles. The summed E-state index contributed by atoms with van der Waals surface area (Å²) in [7, 11) is 1.22. The van der Waals surface area contributed by atoms with Gasteiger partial charge in [-0.1, -0.05) is 27.2 Å². The van der Waals surface area contributed by atoms with Gasteiger partial charge in [0.05, 0.1) is 6.04 Å². The number of amides is 4. The first-order valence-corrected chi connectivity index (χ1v) is 11.7. The molecule has 0 aromatic carbocycles. The van der Waals surface area contributed by atoms with E-state index in [9.17, 15) is 37.9 Å². The van der Waals surface area contributed by atoms with Gasteiger partial charge >= 0.3 is 6.09 Å². The number of carbonyl (C=O) groups is 5. The molecule has 198 valence electrons. The number of ketones is 1. The van der Waals surface area contributed by atoms with E-state index in [2.05, 4.69) is 16.0 Å². The highest BCUT2D eigenvalue weighted by Gasteiger charge is 2.53. The summed E-state index contributed by atoms with van der Waals surface area (Å²) in [5, 5.41) is 16.1. The Morgan fingerprint density at radius 3 is 2.11 bits per heavy atom. The maximum absolute atomic E-state index is 13.5. The Kier molecular flexibility index (Phi) is 8.49. The van der Waals surface area contributed by atoms with Gasteiger partial charge in [0.25, 0.3) is 5.91 Å². The third kappa shape index (κ3) is 7.11. The molecule has 2 aliphatic rings. The van der Waals surface area contributed by atoms with Crippen LogP contribution in [0, 0.1) is 10.8 Å². The van der Waals surface area contributed by atoms with Crippen molar-refractivity contribution in [2.75, 3.05) is 13.6 Å². The molecule has 3 atom stereocenters. The lowest BCUT2D eigenvalue weighted by Crippen LogP contribution is -2.59. The minimum Gasteiger partial charge on any atom is -0.465 e. The summed E-state index contributed by atoms with van der Waals surface area (Å²) in [5.41, 5.74) is -1.09. The number of Topliss-reactive ketones (excluding diaryl/α,β-unsaturated/α-hetero) is 1. The van der Waals surface area contributed by atoms with E-state index in [4.69, 9.17) is 0 Å². The third-order valence-corrected chi connectivity index (χ3v) is 6.84. The molecule has 10 nitrogen and oxygen atoms in total. The SMILES string of the molecule is CNC(=O)C(=O)C(CCC(C)(F)F)NC(=O)[C@H]1CC2(CCC2)CN1C(=O)C(NC(=O)O)C(C)(C)C. The van der Waals surface area contributed by atoms with Crippen LogP contribution in [-0.2, 0) is 19.2 Å². The molecule has 1 spiro atoms. The Labute approximate surface area is 203 Å². The Morgan fingerprint density at radius 1 is 1.09 bits per heavy atom. The van der Waals surface area contributed by atoms with Gasteiger partial charge in [0.1, 0.15) is 12.1 Å². The van der Waals surface area contributed by atoms with Crippen molar-refractivity contribution in [3.05, 3.63) is 0 Å². The topological polar surface area (TPSA) is 145 Å². The molecule has 1 saturated carbocycles. The van der Waals surface area contributed by atoms with Crippen LogP contribution >= 0.6 is 0 Å². The van der Waals surface area contributed by atoms with Crippen LogP contribution in [0.5, 0.6) is 0 Å². The summed E-state index contributed by atoms with van der Waals surface area (Å²) in [4.78, 5) is 63.9. The van der Waals surface area contributed by atoms with Crippen molar-refractivity contribution in [1.82, 2.24) is 20.9 Å². The number of rotatable bonds is 9. The first-order valence-electron chi connectivity index (χ1n) is 11.7. The second kappa shape index (κ2) is 10.4. The first kappa shape index (κ1) is 28.4. The number of likely N-dealkylation sites (tertiary alicyclic amines) is 1. The van der Waals surface area contributed by atoms with E-state index < -0.39 is 71.9 Å². The van der Waals surface area contributed by atoms with Crippen LogP contribution < -0.4 is 16.0 Å². The molecule has 0 radical (unpaired) electrons. The van der Waals surface area contributed by atoms with Crippen LogP contribution in [0.3, 0.4) is 0 Å². The molecular formula is C23H36F2N4O6. The van der Waals surface area contributed by atoms with Gasteiger partial charge in [0, 0.05) is 20.0 Å². The number of nitrogens with zero attached hydrogens (tertiary/aromatic N) is 1. The summed E-state index contributed by atoms with van der Waals surface area (Å²) in [6.45, 7) is 6.01. The van der Waals surface area contributed by atoms with Crippen LogP contribution in [0.2, 0.25) is 0 Å². The highest BCUT2D eigenvalue weighted by molar-refractivity contribution is 6.38. The zero-order valence-electron chi connectivity index (χ0n) is 20.9. The van der Waals surface area contributed by atoms with E-state index in [1.54, 1.807) is 20.8 Å². The van der Waals surface area contributed by atoms with E-state index in [-0.39, 0.29) is 12.0 Å². The predicted octanol–water partition coefficient (Wildman–Crippen LogP) is 1.68. The average Bonchev–Trinajstić information content (AvgIpc) is 3.13. The van der Waals surface area contributed by atoms with Crippen LogP contribution in [0.25, 0.3) is 0 Å². The molecule has 4 amide bonds. The number of carbonyl (C=O) groups excluding carboxylic acids is 4. The molecule has 1 aliphatic carbocycles. The van der Waals surface area contributed by atoms with Crippen LogP contribution in [-0.4, -0.2) is 77.2 Å². The lowest BCUT2D eigenvalue weighted by atomic mass is 9.67. The van der Waals surface area contributed by atoms with Crippen molar-refractivity contribution in [2.24, 2.45) is 10.8 Å². The second-order valence-corrected chi connectivity index (χ2v) is 10.9. The Hall–Kier alpha value is -2.79. The van der Waals surface area contributed by atoms with E-state index in [1.807, 2.05) is 0 Å². The van der Waals surface area contributed by atoms with Crippen molar-refractivity contribution in [2.45, 2.75) is 90.3 Å². The van der Waals surface area contributed by atoms with Crippen LogP contribution in [0.4, 0.5) is 13.6 Å². The summed E-state index contributed by atoms with van der Waals surface area (Å²) in [5.74, 6) is -6.49. The van der Waals surface area contributed by atoms with Gasteiger partial charge in [-0.3, -0.25) is 19.2 Å². The maximum Gasteiger partial charge on any atom is 0.405 e. The lowest BCUT2D eigenvalue weighted by Gasteiger charge is -2.39. The summed E-state index contributed by atoms with van der Waals surface area (Å²) in [6, 6.07) is -3.64. The minimum absolute atomic E-state index is 0.249. The van der Waals surface area contributed by atoms with Gasteiger partial charge in [0.15, 0.2) is 0 Å². The first-order chi connectivity index (χ1) is 16.0. The van der Waals surface area contributed by atoms with Crippen molar-refractivity contribution >= 4 is 29.6 Å². The largest absolute Gasteiger partial charge is 0.465 e. The zero-order chi connectivity index (χ0) is 26.8. The molecule has 1 aliphatic heterocycles. The maximum atomic E-state index is 13.5. The standard InChI is InChI=1S/C23H36F2N4O6/c1-21(2,3)16(28-20(34)35)19(33)29-12-23(8-6-9-23)11-14(29)17(31)27-13(7-10-22(4,24)25)15(30)18(32)26-5/h13-14,16,28H,6-12H2,1-5H3,(H,26,32)(H,27,31)(H,34,35)/t13?,14-,16?/m1/s1. The number of halogens is 2. The molecule has 2 fully saturated rings. The molecule has 2 unspecified atom stereocenters. The van der Waals surface area contributed by atoms with Crippen LogP contribution in [0.15, 0.2) is 0 Å². The molecule has 0 aromatic heterocycles. The lowest BCUT2D eigenvalue weighted by molar-refractivity contribution is -0.144. The smallest absolute Gasteiger partial charge is 0.405 e.